The van der Waals surface area contributed by atoms with Crippen molar-refractivity contribution in [1.29, 1.82) is 0 Å². The summed E-state index contributed by atoms with van der Waals surface area (Å²) in [5, 5.41) is 6.34. The van der Waals surface area contributed by atoms with Crippen LogP contribution in [0.5, 0.6) is 0 Å². The van der Waals surface area contributed by atoms with Crippen molar-refractivity contribution in [2.45, 2.75) is 25.3 Å². The van der Waals surface area contributed by atoms with Crippen molar-refractivity contribution >= 4 is 22.9 Å². The predicted molar refractivity (Wildman–Crippen MR) is 69.3 cm³/mol. The third kappa shape index (κ3) is 2.98. The van der Waals surface area contributed by atoms with Crippen LogP contribution in [0.15, 0.2) is 11.4 Å². The lowest BCUT2D eigenvalue weighted by Gasteiger charge is -2.26. The van der Waals surface area contributed by atoms with Gasteiger partial charge < -0.3 is 10.1 Å². The highest BCUT2D eigenvalue weighted by Gasteiger charge is 2.21. The molecule has 1 aliphatic heterocycles. The molecule has 2 heterocycles. The first kappa shape index (κ1) is 12.4. The standard InChI is InChI=1S/C12H18ClNOS/c1-14-11(12-10(13)4-7-16-12)8-9-2-5-15-6-3-9/h4,7,9,11,14H,2-3,5-6,8H2,1H3. The molecular formula is C12H18ClNOS. The molecule has 1 atom stereocenters. The summed E-state index contributed by atoms with van der Waals surface area (Å²) in [6.07, 6.45) is 3.53. The number of thiophene rings is 1. The van der Waals surface area contributed by atoms with E-state index in [2.05, 4.69) is 10.7 Å². The summed E-state index contributed by atoms with van der Waals surface area (Å²) in [5.74, 6) is 0.768. The number of rotatable bonds is 4. The summed E-state index contributed by atoms with van der Waals surface area (Å²) in [6.45, 7) is 1.83. The molecule has 90 valence electrons. The molecule has 0 aromatic carbocycles. The number of halogens is 1. The minimum atomic E-state index is 0.399. The first-order valence-electron chi connectivity index (χ1n) is 5.79. The van der Waals surface area contributed by atoms with Crippen LogP contribution >= 0.6 is 22.9 Å². The lowest BCUT2D eigenvalue weighted by Crippen LogP contribution is -2.23. The van der Waals surface area contributed by atoms with E-state index in [9.17, 15) is 0 Å². The highest BCUT2D eigenvalue weighted by Crippen LogP contribution is 2.34. The summed E-state index contributed by atoms with van der Waals surface area (Å²) in [6, 6.07) is 2.38. The number of hydrogen-bond acceptors (Lipinski definition) is 3. The monoisotopic (exact) mass is 259 g/mol. The van der Waals surface area contributed by atoms with Crippen molar-refractivity contribution in [3.8, 4) is 0 Å². The lowest BCUT2D eigenvalue weighted by molar-refractivity contribution is 0.0609. The Morgan fingerprint density at radius 2 is 2.31 bits per heavy atom. The van der Waals surface area contributed by atoms with Gasteiger partial charge in [0.05, 0.1) is 5.02 Å². The molecule has 0 radical (unpaired) electrons. The van der Waals surface area contributed by atoms with Crippen molar-refractivity contribution in [3.63, 3.8) is 0 Å². The van der Waals surface area contributed by atoms with Gasteiger partial charge in [0.1, 0.15) is 0 Å². The van der Waals surface area contributed by atoms with Gasteiger partial charge in [-0.25, -0.2) is 0 Å². The molecule has 0 amide bonds. The highest BCUT2D eigenvalue weighted by atomic mass is 35.5. The molecule has 2 nitrogen and oxygen atoms in total. The topological polar surface area (TPSA) is 21.3 Å². The molecule has 1 aliphatic rings. The Balaban J connectivity index is 1.97. The van der Waals surface area contributed by atoms with Crippen molar-refractivity contribution in [2.75, 3.05) is 20.3 Å². The molecule has 1 unspecified atom stereocenters. The van der Waals surface area contributed by atoms with E-state index in [1.54, 1.807) is 11.3 Å². The molecule has 4 heteroatoms. The maximum Gasteiger partial charge on any atom is 0.0561 e. The van der Waals surface area contributed by atoms with Gasteiger partial charge in [0.25, 0.3) is 0 Å². The first-order chi connectivity index (χ1) is 7.81. The van der Waals surface area contributed by atoms with Crippen molar-refractivity contribution in [2.24, 2.45) is 5.92 Å². The molecule has 0 spiro atoms. The fourth-order valence-corrected chi connectivity index (χ4v) is 3.54. The summed E-state index contributed by atoms with van der Waals surface area (Å²) in [4.78, 5) is 1.27. The van der Waals surface area contributed by atoms with Gasteiger partial charge in [-0.3, -0.25) is 0 Å². The van der Waals surface area contributed by atoms with Crippen LogP contribution in [0.1, 0.15) is 30.2 Å². The van der Waals surface area contributed by atoms with Gasteiger partial charge in [-0.05, 0) is 43.7 Å². The van der Waals surface area contributed by atoms with Crippen molar-refractivity contribution < 1.29 is 4.74 Å². The van der Waals surface area contributed by atoms with Gasteiger partial charge in [-0.15, -0.1) is 11.3 Å². The van der Waals surface area contributed by atoms with Crippen LogP contribution in [-0.2, 0) is 4.74 Å². The molecule has 2 rings (SSSR count). The van der Waals surface area contributed by atoms with Crippen LogP contribution in [0.4, 0.5) is 0 Å². The van der Waals surface area contributed by atoms with E-state index in [0.29, 0.717) is 6.04 Å². The van der Waals surface area contributed by atoms with Gasteiger partial charge in [-0.1, -0.05) is 11.6 Å². The molecule has 1 saturated heterocycles. The zero-order valence-electron chi connectivity index (χ0n) is 9.54. The van der Waals surface area contributed by atoms with E-state index >= 15 is 0 Å². The van der Waals surface area contributed by atoms with Gasteiger partial charge in [0.15, 0.2) is 0 Å². The van der Waals surface area contributed by atoms with E-state index in [1.165, 1.54) is 24.1 Å². The summed E-state index contributed by atoms with van der Waals surface area (Å²) < 4.78 is 5.39. The van der Waals surface area contributed by atoms with Crippen molar-refractivity contribution in [3.05, 3.63) is 21.3 Å². The second kappa shape index (κ2) is 6.01. The Hall–Kier alpha value is -0.0900. The van der Waals surface area contributed by atoms with E-state index in [0.717, 1.165) is 24.2 Å². The van der Waals surface area contributed by atoms with Crippen LogP contribution in [-0.4, -0.2) is 20.3 Å². The smallest absolute Gasteiger partial charge is 0.0561 e. The molecule has 0 aliphatic carbocycles. The van der Waals surface area contributed by atoms with E-state index in [4.69, 9.17) is 16.3 Å². The predicted octanol–water partition coefficient (Wildman–Crippen LogP) is 3.48. The Labute approximate surface area is 106 Å². The summed E-state index contributed by atoms with van der Waals surface area (Å²) in [5.41, 5.74) is 0. The zero-order valence-corrected chi connectivity index (χ0v) is 11.1. The Kier molecular flexibility index (Phi) is 4.65. The average Bonchev–Trinajstić information content (AvgIpc) is 2.74. The van der Waals surface area contributed by atoms with Crippen LogP contribution in [0.3, 0.4) is 0 Å². The van der Waals surface area contributed by atoms with Crippen molar-refractivity contribution in [1.82, 2.24) is 5.32 Å². The number of nitrogens with one attached hydrogen (secondary N) is 1. The molecule has 0 bridgehead atoms. The largest absolute Gasteiger partial charge is 0.381 e. The minimum absolute atomic E-state index is 0.399. The number of hydrogen-bond donors (Lipinski definition) is 1. The lowest BCUT2D eigenvalue weighted by atomic mass is 9.92. The minimum Gasteiger partial charge on any atom is -0.381 e. The van der Waals surface area contributed by atoms with Crippen LogP contribution < -0.4 is 5.32 Å². The van der Waals surface area contributed by atoms with Gasteiger partial charge in [0, 0.05) is 24.1 Å². The molecular weight excluding hydrogens is 242 g/mol. The summed E-state index contributed by atoms with van der Waals surface area (Å²) >= 11 is 7.92. The molecule has 1 N–H and O–H groups in total. The Morgan fingerprint density at radius 1 is 1.56 bits per heavy atom. The van der Waals surface area contributed by atoms with Gasteiger partial charge in [-0.2, -0.15) is 0 Å². The third-order valence-electron chi connectivity index (χ3n) is 3.22. The quantitative estimate of drug-likeness (QED) is 0.894. The van der Waals surface area contributed by atoms with E-state index in [1.807, 2.05) is 13.1 Å². The summed E-state index contributed by atoms with van der Waals surface area (Å²) in [7, 11) is 2.01. The second-order valence-electron chi connectivity index (χ2n) is 4.27. The highest BCUT2D eigenvalue weighted by molar-refractivity contribution is 7.10. The van der Waals surface area contributed by atoms with Gasteiger partial charge >= 0.3 is 0 Å². The van der Waals surface area contributed by atoms with E-state index in [-0.39, 0.29) is 0 Å². The Morgan fingerprint density at radius 3 is 2.88 bits per heavy atom. The maximum atomic E-state index is 6.18. The SMILES string of the molecule is CNC(CC1CCOCC1)c1sccc1Cl. The third-order valence-corrected chi connectivity index (χ3v) is 4.69. The molecule has 0 saturated carbocycles. The van der Waals surface area contributed by atoms with Crippen LogP contribution in [0.2, 0.25) is 5.02 Å². The fourth-order valence-electron chi connectivity index (χ4n) is 2.23. The van der Waals surface area contributed by atoms with Crippen LogP contribution in [0.25, 0.3) is 0 Å². The first-order valence-corrected chi connectivity index (χ1v) is 7.05. The molecule has 16 heavy (non-hydrogen) atoms. The van der Waals surface area contributed by atoms with E-state index < -0.39 is 0 Å². The van der Waals surface area contributed by atoms with Crippen LogP contribution in [0, 0.1) is 5.92 Å². The normalized spacial score (nSPS) is 19.9. The maximum absolute atomic E-state index is 6.18. The van der Waals surface area contributed by atoms with Gasteiger partial charge in [0.2, 0.25) is 0 Å². The molecule has 1 aromatic rings. The zero-order chi connectivity index (χ0) is 11.4. The Bertz CT molecular complexity index is 323. The molecule has 1 fully saturated rings. The fraction of sp³-hybridized carbons (Fsp3) is 0.667. The molecule has 1 aromatic heterocycles. The average molecular weight is 260 g/mol. The second-order valence-corrected chi connectivity index (χ2v) is 5.62. The number of ether oxygens (including phenoxy) is 1.